The van der Waals surface area contributed by atoms with Crippen LogP contribution in [-0.4, -0.2) is 18.0 Å². The normalized spacial score (nSPS) is 10.7. The molecule has 0 atom stereocenters. The van der Waals surface area contributed by atoms with Crippen LogP contribution >= 0.6 is 0 Å². The molecule has 0 unspecified atom stereocenters. The van der Waals surface area contributed by atoms with E-state index in [1.54, 1.807) is 31.4 Å². The van der Waals surface area contributed by atoms with Gasteiger partial charge in [0, 0.05) is 22.7 Å². The molecule has 4 nitrogen and oxygen atoms in total. The number of anilines is 1. The van der Waals surface area contributed by atoms with E-state index in [-0.39, 0.29) is 5.56 Å². The predicted molar refractivity (Wildman–Crippen MR) is 113 cm³/mol. The number of methoxy groups -OCH3 is 1. The maximum atomic E-state index is 13.9. The molecule has 4 rings (SSSR count). The number of benzene rings is 3. The molecule has 5 heteroatoms. The van der Waals surface area contributed by atoms with Crippen molar-refractivity contribution in [3.63, 3.8) is 0 Å². The molecule has 0 spiro atoms. The van der Waals surface area contributed by atoms with E-state index in [1.807, 2.05) is 43.3 Å². The molecule has 144 valence electrons. The van der Waals surface area contributed by atoms with Crippen LogP contribution in [0.25, 0.3) is 22.2 Å². The van der Waals surface area contributed by atoms with E-state index >= 15 is 0 Å². The molecule has 0 bridgehead atoms. The van der Waals surface area contributed by atoms with Crippen molar-refractivity contribution in [2.24, 2.45) is 0 Å². The molecular formula is C24H19FN2O2. The molecule has 29 heavy (non-hydrogen) atoms. The Morgan fingerprint density at radius 3 is 2.48 bits per heavy atom. The van der Waals surface area contributed by atoms with Crippen LogP contribution in [0.4, 0.5) is 10.1 Å². The molecule has 1 aromatic heterocycles. The number of halogens is 1. The van der Waals surface area contributed by atoms with Gasteiger partial charge in [-0.2, -0.15) is 0 Å². The standard InChI is InChI=1S/C24H19FN2O2/c1-15-7-9-16(10-8-15)22-14-23(29-2)19-13-17(11-12-21(19)27-22)26-24(28)18-5-3-4-6-20(18)25/h3-14H,1-2H3,(H,26,28). The average molecular weight is 386 g/mol. The summed E-state index contributed by atoms with van der Waals surface area (Å²) in [6, 6.07) is 21.2. The number of fused-ring (bicyclic) bond motifs is 1. The number of aromatic nitrogens is 1. The minimum absolute atomic E-state index is 0.00703. The molecule has 1 amide bonds. The highest BCUT2D eigenvalue weighted by Crippen LogP contribution is 2.32. The molecule has 0 fully saturated rings. The summed E-state index contributed by atoms with van der Waals surface area (Å²) in [5, 5.41) is 3.49. The van der Waals surface area contributed by atoms with Gasteiger partial charge in [-0.3, -0.25) is 4.79 Å². The van der Waals surface area contributed by atoms with Crippen molar-refractivity contribution in [3.8, 4) is 17.0 Å². The van der Waals surface area contributed by atoms with Gasteiger partial charge in [0.1, 0.15) is 11.6 Å². The fraction of sp³-hybridized carbons (Fsp3) is 0.0833. The number of carbonyl (C=O) groups excluding carboxylic acids is 1. The quantitative estimate of drug-likeness (QED) is 0.496. The summed E-state index contributed by atoms with van der Waals surface area (Å²) in [6.07, 6.45) is 0. The number of hydrogen-bond acceptors (Lipinski definition) is 3. The largest absolute Gasteiger partial charge is 0.496 e. The zero-order valence-electron chi connectivity index (χ0n) is 16.1. The Labute approximate surface area is 168 Å². The van der Waals surface area contributed by atoms with Gasteiger partial charge >= 0.3 is 0 Å². The van der Waals surface area contributed by atoms with E-state index in [0.717, 1.165) is 22.2 Å². The van der Waals surface area contributed by atoms with Crippen LogP contribution in [0.3, 0.4) is 0 Å². The molecule has 0 saturated carbocycles. The first-order chi connectivity index (χ1) is 14.0. The van der Waals surface area contributed by atoms with E-state index in [4.69, 9.17) is 9.72 Å². The summed E-state index contributed by atoms with van der Waals surface area (Å²) in [4.78, 5) is 17.1. The summed E-state index contributed by atoms with van der Waals surface area (Å²) >= 11 is 0. The van der Waals surface area contributed by atoms with Crippen molar-refractivity contribution in [2.75, 3.05) is 12.4 Å². The van der Waals surface area contributed by atoms with Gasteiger partial charge in [0.2, 0.25) is 0 Å². The van der Waals surface area contributed by atoms with E-state index in [0.29, 0.717) is 11.4 Å². The zero-order valence-corrected chi connectivity index (χ0v) is 16.1. The highest BCUT2D eigenvalue weighted by Gasteiger charge is 2.13. The van der Waals surface area contributed by atoms with Crippen LogP contribution < -0.4 is 10.1 Å². The Kier molecular flexibility index (Phi) is 4.96. The summed E-state index contributed by atoms with van der Waals surface area (Å²) in [6.45, 7) is 2.04. The van der Waals surface area contributed by atoms with Crippen LogP contribution in [0.15, 0.2) is 72.8 Å². The van der Waals surface area contributed by atoms with E-state index in [1.165, 1.54) is 17.7 Å². The highest BCUT2D eigenvalue weighted by atomic mass is 19.1. The van der Waals surface area contributed by atoms with Crippen LogP contribution in [-0.2, 0) is 0 Å². The molecule has 1 N–H and O–H groups in total. The molecule has 1 heterocycles. The summed E-state index contributed by atoms with van der Waals surface area (Å²) in [5.74, 6) is -0.425. The number of carbonyl (C=O) groups is 1. The summed E-state index contributed by atoms with van der Waals surface area (Å²) in [7, 11) is 1.60. The number of nitrogens with zero attached hydrogens (tertiary/aromatic N) is 1. The molecule has 0 radical (unpaired) electrons. The van der Waals surface area contributed by atoms with E-state index in [2.05, 4.69) is 5.32 Å². The average Bonchev–Trinajstić information content (AvgIpc) is 2.73. The topological polar surface area (TPSA) is 51.2 Å². The molecule has 0 aliphatic carbocycles. The SMILES string of the molecule is COc1cc(-c2ccc(C)cc2)nc2ccc(NC(=O)c3ccccc3F)cc12. The predicted octanol–water partition coefficient (Wildman–Crippen LogP) is 5.61. The monoisotopic (exact) mass is 386 g/mol. The van der Waals surface area contributed by atoms with Crippen molar-refractivity contribution in [3.05, 3.63) is 89.7 Å². The van der Waals surface area contributed by atoms with Gasteiger partial charge in [0.15, 0.2) is 0 Å². The number of amides is 1. The maximum Gasteiger partial charge on any atom is 0.258 e. The van der Waals surface area contributed by atoms with E-state index < -0.39 is 11.7 Å². The molecule has 0 aliphatic heterocycles. The maximum absolute atomic E-state index is 13.9. The van der Waals surface area contributed by atoms with Crippen molar-refractivity contribution in [2.45, 2.75) is 6.92 Å². The van der Waals surface area contributed by atoms with Gasteiger partial charge in [0.25, 0.3) is 5.91 Å². The molecule has 0 saturated heterocycles. The number of pyridine rings is 1. The van der Waals surface area contributed by atoms with Crippen molar-refractivity contribution in [1.82, 2.24) is 4.98 Å². The van der Waals surface area contributed by atoms with Gasteiger partial charge < -0.3 is 10.1 Å². The Hall–Kier alpha value is -3.73. The number of aryl methyl sites for hydroxylation is 1. The lowest BCUT2D eigenvalue weighted by molar-refractivity contribution is 0.102. The second-order valence-corrected chi connectivity index (χ2v) is 6.74. The first-order valence-corrected chi connectivity index (χ1v) is 9.17. The lowest BCUT2D eigenvalue weighted by atomic mass is 10.1. The van der Waals surface area contributed by atoms with Crippen LogP contribution in [0.1, 0.15) is 15.9 Å². The first-order valence-electron chi connectivity index (χ1n) is 9.17. The van der Waals surface area contributed by atoms with Crippen LogP contribution in [0, 0.1) is 12.7 Å². The summed E-state index contributed by atoms with van der Waals surface area (Å²) < 4.78 is 19.4. The third-order valence-corrected chi connectivity index (χ3v) is 4.71. The molecule has 3 aromatic carbocycles. The first kappa shape index (κ1) is 18.6. The second kappa shape index (κ2) is 7.72. The number of hydrogen-bond donors (Lipinski definition) is 1. The molecular weight excluding hydrogens is 367 g/mol. The lowest BCUT2D eigenvalue weighted by Crippen LogP contribution is -2.13. The van der Waals surface area contributed by atoms with Crippen molar-refractivity contribution < 1.29 is 13.9 Å². The van der Waals surface area contributed by atoms with Crippen molar-refractivity contribution in [1.29, 1.82) is 0 Å². The lowest BCUT2D eigenvalue weighted by Gasteiger charge is -2.11. The van der Waals surface area contributed by atoms with Gasteiger partial charge in [-0.05, 0) is 37.3 Å². The van der Waals surface area contributed by atoms with Gasteiger partial charge in [-0.15, -0.1) is 0 Å². The Balaban J connectivity index is 1.70. The Morgan fingerprint density at radius 2 is 1.76 bits per heavy atom. The van der Waals surface area contributed by atoms with Crippen LogP contribution in [0.5, 0.6) is 5.75 Å². The third-order valence-electron chi connectivity index (χ3n) is 4.71. The fourth-order valence-corrected chi connectivity index (χ4v) is 3.16. The number of rotatable bonds is 4. The molecule has 4 aromatic rings. The number of nitrogens with one attached hydrogen (secondary N) is 1. The molecule has 0 aliphatic rings. The van der Waals surface area contributed by atoms with Gasteiger partial charge in [-0.1, -0.05) is 42.0 Å². The van der Waals surface area contributed by atoms with Crippen LogP contribution in [0.2, 0.25) is 0 Å². The van der Waals surface area contributed by atoms with Gasteiger partial charge in [-0.25, -0.2) is 9.37 Å². The fourth-order valence-electron chi connectivity index (χ4n) is 3.16. The Bertz CT molecular complexity index is 1200. The summed E-state index contributed by atoms with van der Waals surface area (Å²) in [5.41, 5.74) is 4.24. The minimum Gasteiger partial charge on any atom is -0.496 e. The Morgan fingerprint density at radius 1 is 1.00 bits per heavy atom. The highest BCUT2D eigenvalue weighted by molar-refractivity contribution is 6.05. The number of ether oxygens (including phenoxy) is 1. The van der Waals surface area contributed by atoms with E-state index in [9.17, 15) is 9.18 Å². The second-order valence-electron chi connectivity index (χ2n) is 6.74. The minimum atomic E-state index is -0.562. The third kappa shape index (κ3) is 3.80. The zero-order chi connectivity index (χ0) is 20.4. The van der Waals surface area contributed by atoms with Crippen molar-refractivity contribution >= 4 is 22.5 Å². The smallest absolute Gasteiger partial charge is 0.258 e. The van der Waals surface area contributed by atoms with Gasteiger partial charge in [0.05, 0.1) is 23.9 Å².